The highest BCUT2D eigenvalue weighted by Crippen LogP contribution is 2.35. The van der Waals surface area contributed by atoms with Crippen molar-refractivity contribution in [3.63, 3.8) is 0 Å². The van der Waals surface area contributed by atoms with Gasteiger partial charge in [0.1, 0.15) is 0 Å². The van der Waals surface area contributed by atoms with E-state index in [1.165, 1.54) is 0 Å². The predicted molar refractivity (Wildman–Crippen MR) is 131 cm³/mol. The van der Waals surface area contributed by atoms with E-state index in [9.17, 15) is 19.5 Å². The zero-order valence-corrected chi connectivity index (χ0v) is 18.0. The van der Waals surface area contributed by atoms with Gasteiger partial charge in [0.15, 0.2) is 11.6 Å². The van der Waals surface area contributed by atoms with E-state index in [1.807, 2.05) is 65.6 Å². The molecule has 1 aliphatic rings. The van der Waals surface area contributed by atoms with Crippen molar-refractivity contribution >= 4 is 40.7 Å². The first-order valence-corrected chi connectivity index (χ1v) is 10.7. The Morgan fingerprint density at radius 1 is 0.647 bits per heavy atom. The molecule has 0 aromatic heterocycles. The normalized spacial score (nSPS) is 12.4. The molecule has 164 valence electrons. The lowest BCUT2D eigenvalue weighted by Crippen LogP contribution is -2.10. The number of hydrogen-bond acceptors (Lipinski definition) is 4. The van der Waals surface area contributed by atoms with E-state index in [-0.39, 0.29) is 22.7 Å². The molecular formula is C29H19NO4. The molecule has 0 spiro atoms. The van der Waals surface area contributed by atoms with Crippen LogP contribution < -0.4 is 4.90 Å². The van der Waals surface area contributed by atoms with E-state index in [2.05, 4.69) is 0 Å². The number of benzene rings is 4. The van der Waals surface area contributed by atoms with E-state index in [0.29, 0.717) is 16.8 Å². The third-order valence-electron chi connectivity index (χ3n) is 5.73. The van der Waals surface area contributed by atoms with Gasteiger partial charge in [0.05, 0.1) is 11.1 Å². The van der Waals surface area contributed by atoms with E-state index < -0.39 is 5.97 Å². The summed E-state index contributed by atoms with van der Waals surface area (Å²) < 4.78 is 0. The van der Waals surface area contributed by atoms with Crippen molar-refractivity contribution in [3.05, 3.63) is 131 Å². The van der Waals surface area contributed by atoms with Crippen LogP contribution in [0.15, 0.2) is 109 Å². The van der Waals surface area contributed by atoms with Crippen molar-refractivity contribution < 1.29 is 19.5 Å². The molecule has 0 radical (unpaired) electrons. The van der Waals surface area contributed by atoms with E-state index in [4.69, 9.17) is 0 Å². The number of carbonyl (C=O) groups excluding carboxylic acids is 2. The molecular weight excluding hydrogens is 426 g/mol. The maximum atomic E-state index is 12.7. The average molecular weight is 445 g/mol. The second-order valence-electron chi connectivity index (χ2n) is 7.88. The number of carbonyl (C=O) groups is 3. The van der Waals surface area contributed by atoms with Crippen molar-refractivity contribution in [2.75, 3.05) is 4.90 Å². The van der Waals surface area contributed by atoms with Gasteiger partial charge in [-0.3, -0.25) is 9.59 Å². The lowest BCUT2D eigenvalue weighted by molar-refractivity contribution is 0.0696. The first-order valence-electron chi connectivity index (χ1n) is 10.7. The van der Waals surface area contributed by atoms with Crippen LogP contribution in [0, 0.1) is 0 Å². The summed E-state index contributed by atoms with van der Waals surface area (Å²) in [6.07, 6.45) is 1.62. The van der Waals surface area contributed by atoms with Crippen molar-refractivity contribution in [1.82, 2.24) is 0 Å². The number of anilines is 3. The zero-order valence-electron chi connectivity index (χ0n) is 18.0. The Kier molecular flexibility index (Phi) is 5.36. The van der Waals surface area contributed by atoms with Crippen LogP contribution in [-0.4, -0.2) is 22.6 Å². The monoisotopic (exact) mass is 445 g/mol. The fraction of sp³-hybridized carbons (Fsp3) is 0. The average Bonchev–Trinajstić information content (AvgIpc) is 3.11. The molecule has 1 N–H and O–H groups in total. The molecule has 0 bridgehead atoms. The first-order chi connectivity index (χ1) is 16.5. The number of carboxylic acids is 1. The number of hydrogen-bond donors (Lipinski definition) is 1. The Labute approximate surface area is 196 Å². The smallest absolute Gasteiger partial charge is 0.335 e. The van der Waals surface area contributed by atoms with Crippen LogP contribution in [0.25, 0.3) is 6.08 Å². The standard InChI is InChI=1S/C29H19NO4/c31-27-24-11-4-5-12-25(24)28(32)26(27)17-19-13-15-22(16-14-19)30(21-8-2-1-3-9-21)23-10-6-7-20(18-23)29(33)34/h1-18H,(H,33,34). The first kappa shape index (κ1) is 21.1. The fourth-order valence-electron chi connectivity index (χ4n) is 4.09. The molecule has 4 aromatic carbocycles. The molecule has 0 unspecified atom stereocenters. The Morgan fingerprint density at radius 2 is 1.21 bits per heavy atom. The van der Waals surface area contributed by atoms with E-state index in [1.54, 1.807) is 48.5 Å². The van der Waals surface area contributed by atoms with Gasteiger partial charge in [-0.1, -0.05) is 60.7 Å². The van der Waals surface area contributed by atoms with Crippen LogP contribution in [0.1, 0.15) is 36.6 Å². The third-order valence-corrected chi connectivity index (χ3v) is 5.73. The summed E-state index contributed by atoms with van der Waals surface area (Å²) in [5.74, 6) is -1.52. The number of rotatable bonds is 5. The molecule has 0 aliphatic heterocycles. The highest BCUT2D eigenvalue weighted by Gasteiger charge is 2.32. The van der Waals surface area contributed by atoms with Gasteiger partial charge in [0, 0.05) is 28.2 Å². The molecule has 0 saturated carbocycles. The number of para-hydroxylation sites is 1. The molecule has 4 aromatic rings. The minimum absolute atomic E-state index is 0.156. The summed E-state index contributed by atoms with van der Waals surface area (Å²) in [4.78, 5) is 38.9. The molecule has 0 atom stereocenters. The Bertz CT molecular complexity index is 1420. The summed E-state index contributed by atoms with van der Waals surface area (Å²) >= 11 is 0. The largest absolute Gasteiger partial charge is 0.478 e. The van der Waals surface area contributed by atoms with E-state index in [0.717, 1.165) is 16.9 Å². The topological polar surface area (TPSA) is 74.7 Å². The molecule has 5 rings (SSSR count). The molecule has 0 fully saturated rings. The predicted octanol–water partition coefficient (Wildman–Crippen LogP) is 6.32. The molecule has 0 saturated heterocycles. The number of fused-ring (bicyclic) bond motifs is 1. The van der Waals surface area contributed by atoms with Crippen LogP contribution in [0.4, 0.5) is 17.1 Å². The summed E-state index contributed by atoms with van der Waals surface area (Å²) in [5.41, 5.74) is 4.32. The Balaban J connectivity index is 1.52. The van der Waals surface area contributed by atoms with Crippen LogP contribution >= 0.6 is 0 Å². The second kappa shape index (κ2) is 8.64. The maximum absolute atomic E-state index is 12.7. The summed E-state index contributed by atoms with van der Waals surface area (Å²) in [5, 5.41) is 9.43. The number of carboxylic acid groups (broad SMARTS) is 1. The van der Waals surface area contributed by atoms with Gasteiger partial charge >= 0.3 is 5.97 Å². The molecule has 1 aliphatic carbocycles. The number of nitrogens with zero attached hydrogens (tertiary/aromatic N) is 1. The summed E-state index contributed by atoms with van der Waals surface area (Å²) in [7, 11) is 0. The van der Waals surface area contributed by atoms with Gasteiger partial charge < -0.3 is 10.0 Å². The number of Topliss-reactive ketones (excluding diaryl/α,β-unsaturated/α-hetero) is 2. The third kappa shape index (κ3) is 3.80. The van der Waals surface area contributed by atoms with Crippen molar-refractivity contribution in [3.8, 4) is 0 Å². The zero-order chi connectivity index (χ0) is 23.7. The van der Waals surface area contributed by atoms with Gasteiger partial charge in [-0.25, -0.2) is 4.79 Å². The SMILES string of the molecule is O=C(O)c1cccc(N(c2ccccc2)c2ccc(C=C3C(=O)c4ccccc4C3=O)cc2)c1. The van der Waals surface area contributed by atoms with Crippen LogP contribution in [0.2, 0.25) is 0 Å². The summed E-state index contributed by atoms with van der Waals surface area (Å²) in [6, 6.07) is 30.6. The van der Waals surface area contributed by atoms with Crippen LogP contribution in [0.3, 0.4) is 0 Å². The lowest BCUT2D eigenvalue weighted by atomic mass is 10.1. The highest BCUT2D eigenvalue weighted by molar-refractivity contribution is 6.41. The minimum Gasteiger partial charge on any atom is -0.478 e. The van der Waals surface area contributed by atoms with Crippen molar-refractivity contribution in [1.29, 1.82) is 0 Å². The molecule has 5 nitrogen and oxygen atoms in total. The van der Waals surface area contributed by atoms with Gasteiger partial charge in [-0.2, -0.15) is 0 Å². The molecule has 34 heavy (non-hydrogen) atoms. The second-order valence-corrected chi connectivity index (χ2v) is 7.88. The maximum Gasteiger partial charge on any atom is 0.335 e. The van der Waals surface area contributed by atoms with Crippen LogP contribution in [-0.2, 0) is 0 Å². The van der Waals surface area contributed by atoms with Gasteiger partial charge in [-0.15, -0.1) is 0 Å². The van der Waals surface area contributed by atoms with Crippen molar-refractivity contribution in [2.24, 2.45) is 0 Å². The highest BCUT2D eigenvalue weighted by atomic mass is 16.4. The molecule has 0 heterocycles. The Hall–Kier alpha value is -4.77. The quantitative estimate of drug-likeness (QED) is 0.288. The molecule has 0 amide bonds. The number of aromatic carboxylic acids is 1. The number of ketones is 2. The number of allylic oxidation sites excluding steroid dienone is 1. The van der Waals surface area contributed by atoms with Crippen molar-refractivity contribution in [2.45, 2.75) is 0 Å². The lowest BCUT2D eigenvalue weighted by Gasteiger charge is -2.25. The molecule has 5 heteroatoms. The van der Waals surface area contributed by atoms with Gasteiger partial charge in [0.2, 0.25) is 0 Å². The Morgan fingerprint density at radius 3 is 1.82 bits per heavy atom. The summed E-state index contributed by atoms with van der Waals surface area (Å²) in [6.45, 7) is 0. The fourth-order valence-corrected chi connectivity index (χ4v) is 4.09. The van der Waals surface area contributed by atoms with E-state index >= 15 is 0 Å². The van der Waals surface area contributed by atoms with Gasteiger partial charge in [-0.05, 0) is 54.1 Å². The minimum atomic E-state index is -0.997. The van der Waals surface area contributed by atoms with Gasteiger partial charge in [0.25, 0.3) is 0 Å². The van der Waals surface area contributed by atoms with Crippen LogP contribution in [0.5, 0.6) is 0 Å².